The number of carbonyl (C=O) groups is 1. The lowest BCUT2D eigenvalue weighted by atomic mass is 10.0. The summed E-state index contributed by atoms with van der Waals surface area (Å²) in [5, 5.41) is 5.16. The molecule has 2 unspecified atom stereocenters. The van der Waals surface area contributed by atoms with E-state index in [2.05, 4.69) is 5.32 Å². The summed E-state index contributed by atoms with van der Waals surface area (Å²) in [6.45, 7) is 2.48. The maximum atomic E-state index is 12.8. The normalized spacial score (nSPS) is 19.3. The summed E-state index contributed by atoms with van der Waals surface area (Å²) in [6.07, 6.45) is 1.78. The van der Waals surface area contributed by atoms with E-state index in [1.54, 1.807) is 0 Å². The fourth-order valence-electron chi connectivity index (χ4n) is 3.68. The van der Waals surface area contributed by atoms with E-state index in [1.807, 2.05) is 49.4 Å². The molecule has 1 saturated heterocycles. The molecule has 2 aromatic carbocycles. The number of hydrogen-bond donors (Lipinski definition) is 2. The molecular formula is C20H27N3O3S. The van der Waals surface area contributed by atoms with Crippen LogP contribution in [0.4, 0.5) is 0 Å². The summed E-state index contributed by atoms with van der Waals surface area (Å²) >= 11 is 0. The topological polar surface area (TPSA) is 92.5 Å². The van der Waals surface area contributed by atoms with E-state index in [4.69, 9.17) is 5.73 Å². The van der Waals surface area contributed by atoms with E-state index in [0.29, 0.717) is 25.8 Å². The molecule has 0 radical (unpaired) electrons. The molecule has 0 saturated carbocycles. The molecule has 0 bridgehead atoms. The Bertz CT molecular complexity index is 914. The maximum absolute atomic E-state index is 12.8. The molecule has 3 N–H and O–H groups in total. The minimum Gasteiger partial charge on any atom is -0.347 e. The Hall–Kier alpha value is -1.96. The number of carbonyl (C=O) groups excluding carboxylic acids is 1. The van der Waals surface area contributed by atoms with Crippen LogP contribution in [0, 0.1) is 0 Å². The van der Waals surface area contributed by atoms with E-state index in [0.717, 1.165) is 16.3 Å². The highest BCUT2D eigenvalue weighted by Crippen LogP contribution is 2.24. The van der Waals surface area contributed by atoms with Gasteiger partial charge in [0, 0.05) is 13.1 Å². The van der Waals surface area contributed by atoms with E-state index in [-0.39, 0.29) is 24.2 Å². The zero-order valence-electron chi connectivity index (χ0n) is 15.6. The highest BCUT2D eigenvalue weighted by molar-refractivity contribution is 7.89. The Labute approximate surface area is 160 Å². The van der Waals surface area contributed by atoms with Crippen molar-refractivity contribution in [3.8, 4) is 0 Å². The smallest absolute Gasteiger partial charge is 0.238 e. The summed E-state index contributed by atoms with van der Waals surface area (Å²) in [7, 11) is -3.40. The predicted octanol–water partition coefficient (Wildman–Crippen LogP) is 2.16. The Morgan fingerprint density at radius 3 is 2.70 bits per heavy atom. The molecule has 1 aliphatic heterocycles. The van der Waals surface area contributed by atoms with Crippen LogP contribution in [0.25, 0.3) is 10.8 Å². The van der Waals surface area contributed by atoms with Crippen LogP contribution in [0.15, 0.2) is 42.5 Å². The van der Waals surface area contributed by atoms with E-state index in [1.165, 1.54) is 4.31 Å². The second-order valence-electron chi connectivity index (χ2n) is 6.99. The average Bonchev–Trinajstić information content (AvgIpc) is 3.16. The van der Waals surface area contributed by atoms with Gasteiger partial charge in [0.05, 0.1) is 11.8 Å². The predicted molar refractivity (Wildman–Crippen MR) is 108 cm³/mol. The number of fused-ring (bicyclic) bond motifs is 1. The van der Waals surface area contributed by atoms with Gasteiger partial charge in [-0.05, 0) is 41.7 Å². The highest BCUT2D eigenvalue weighted by Gasteiger charge is 2.38. The average molecular weight is 390 g/mol. The first-order valence-corrected chi connectivity index (χ1v) is 11.1. The SMILES string of the molecule is CCCS(=O)(=O)N1CCCC1C(=O)NC(CN)c1ccc2ccccc2c1. The lowest BCUT2D eigenvalue weighted by Crippen LogP contribution is -2.48. The second kappa shape index (κ2) is 8.37. The van der Waals surface area contributed by atoms with Crippen molar-refractivity contribution in [3.05, 3.63) is 48.0 Å². The molecule has 7 heteroatoms. The third-order valence-electron chi connectivity index (χ3n) is 5.05. The van der Waals surface area contributed by atoms with Crippen molar-refractivity contribution in [1.29, 1.82) is 0 Å². The lowest BCUT2D eigenvalue weighted by Gasteiger charge is -2.26. The molecule has 2 atom stereocenters. The van der Waals surface area contributed by atoms with Crippen LogP contribution in [0.5, 0.6) is 0 Å². The summed E-state index contributed by atoms with van der Waals surface area (Å²) in [5.74, 6) is -0.197. The van der Waals surface area contributed by atoms with Crippen LogP contribution in [-0.4, -0.2) is 43.5 Å². The number of benzene rings is 2. The van der Waals surface area contributed by atoms with Crippen molar-refractivity contribution in [2.75, 3.05) is 18.8 Å². The Morgan fingerprint density at radius 1 is 1.26 bits per heavy atom. The summed E-state index contributed by atoms with van der Waals surface area (Å²) in [6, 6.07) is 13.0. The van der Waals surface area contributed by atoms with Gasteiger partial charge in [0.15, 0.2) is 0 Å². The van der Waals surface area contributed by atoms with Crippen molar-refractivity contribution < 1.29 is 13.2 Å². The van der Waals surface area contributed by atoms with Crippen LogP contribution in [0.3, 0.4) is 0 Å². The lowest BCUT2D eigenvalue weighted by molar-refractivity contribution is -0.124. The van der Waals surface area contributed by atoms with E-state index >= 15 is 0 Å². The van der Waals surface area contributed by atoms with Crippen LogP contribution < -0.4 is 11.1 Å². The van der Waals surface area contributed by atoms with E-state index < -0.39 is 16.1 Å². The Morgan fingerprint density at radius 2 is 2.00 bits per heavy atom. The second-order valence-corrected chi connectivity index (χ2v) is 9.03. The molecule has 1 amide bonds. The van der Waals surface area contributed by atoms with Gasteiger partial charge in [-0.2, -0.15) is 4.31 Å². The summed E-state index contributed by atoms with van der Waals surface area (Å²) < 4.78 is 26.2. The van der Waals surface area contributed by atoms with Crippen LogP contribution >= 0.6 is 0 Å². The van der Waals surface area contributed by atoms with Gasteiger partial charge in [-0.25, -0.2) is 8.42 Å². The van der Waals surface area contributed by atoms with Gasteiger partial charge in [-0.1, -0.05) is 43.3 Å². The van der Waals surface area contributed by atoms with Crippen molar-refractivity contribution in [3.63, 3.8) is 0 Å². The number of sulfonamides is 1. The quantitative estimate of drug-likeness (QED) is 0.759. The van der Waals surface area contributed by atoms with E-state index in [9.17, 15) is 13.2 Å². The van der Waals surface area contributed by atoms with Gasteiger partial charge in [-0.3, -0.25) is 4.79 Å². The van der Waals surface area contributed by atoms with Gasteiger partial charge in [-0.15, -0.1) is 0 Å². The van der Waals surface area contributed by atoms with Crippen molar-refractivity contribution in [1.82, 2.24) is 9.62 Å². The van der Waals surface area contributed by atoms with Gasteiger partial charge in [0.25, 0.3) is 0 Å². The molecule has 1 heterocycles. The zero-order valence-corrected chi connectivity index (χ0v) is 16.4. The molecule has 1 fully saturated rings. The first-order valence-electron chi connectivity index (χ1n) is 9.45. The van der Waals surface area contributed by atoms with Gasteiger partial charge in [0.2, 0.25) is 15.9 Å². The first kappa shape index (κ1) is 19.8. The number of nitrogens with one attached hydrogen (secondary N) is 1. The third-order valence-corrected chi connectivity index (χ3v) is 7.13. The molecule has 6 nitrogen and oxygen atoms in total. The minimum atomic E-state index is -3.40. The first-order chi connectivity index (χ1) is 13.0. The molecule has 3 rings (SSSR count). The zero-order chi connectivity index (χ0) is 19.4. The molecular weight excluding hydrogens is 362 g/mol. The van der Waals surface area contributed by atoms with Gasteiger partial charge < -0.3 is 11.1 Å². The summed E-state index contributed by atoms with van der Waals surface area (Å²) in [4.78, 5) is 12.8. The number of nitrogens with zero attached hydrogens (tertiary/aromatic N) is 1. The number of rotatable bonds is 7. The standard InChI is InChI=1S/C20H27N3O3S/c1-2-12-27(25,26)23-11-5-8-19(23)20(24)22-18(14-21)17-10-9-15-6-3-4-7-16(15)13-17/h3-4,6-7,9-10,13,18-19H,2,5,8,11-12,14,21H2,1H3,(H,22,24). The van der Waals surface area contributed by atoms with Gasteiger partial charge in [0.1, 0.15) is 6.04 Å². The molecule has 2 aromatic rings. The fraction of sp³-hybridized carbons (Fsp3) is 0.450. The summed E-state index contributed by atoms with van der Waals surface area (Å²) in [5.41, 5.74) is 6.84. The van der Waals surface area contributed by atoms with Crippen molar-refractivity contribution in [2.45, 2.75) is 38.3 Å². The largest absolute Gasteiger partial charge is 0.347 e. The Kier molecular flexibility index (Phi) is 6.14. The van der Waals surface area contributed by atoms with Gasteiger partial charge >= 0.3 is 0 Å². The minimum absolute atomic E-state index is 0.0712. The number of nitrogens with two attached hydrogens (primary N) is 1. The molecule has 0 spiro atoms. The highest BCUT2D eigenvalue weighted by atomic mass is 32.2. The number of hydrogen-bond acceptors (Lipinski definition) is 4. The van der Waals surface area contributed by atoms with Crippen LogP contribution in [0.1, 0.15) is 37.8 Å². The monoisotopic (exact) mass is 389 g/mol. The molecule has 27 heavy (non-hydrogen) atoms. The number of amides is 1. The molecule has 146 valence electrons. The van der Waals surface area contributed by atoms with Crippen LogP contribution in [-0.2, 0) is 14.8 Å². The van der Waals surface area contributed by atoms with Crippen LogP contribution in [0.2, 0.25) is 0 Å². The van der Waals surface area contributed by atoms with Crippen molar-refractivity contribution >= 4 is 26.7 Å². The molecule has 0 aliphatic carbocycles. The van der Waals surface area contributed by atoms with Crippen molar-refractivity contribution in [2.24, 2.45) is 5.73 Å². The molecule has 0 aromatic heterocycles. The molecule has 1 aliphatic rings. The fourth-order valence-corrected chi connectivity index (χ4v) is 5.43. The third kappa shape index (κ3) is 4.31. The Balaban J connectivity index is 1.78. The maximum Gasteiger partial charge on any atom is 0.238 e.